The second kappa shape index (κ2) is 6.06. The maximum absolute atomic E-state index is 12.1. The zero-order valence-electron chi connectivity index (χ0n) is 11.7. The number of nitriles is 1. The van der Waals surface area contributed by atoms with E-state index >= 15 is 0 Å². The van der Waals surface area contributed by atoms with Crippen molar-refractivity contribution < 1.29 is 4.79 Å². The standard InChI is InChI=1S/C16H14BrN3O/c1-16(2,10-18)11-5-7-12(8-6-11)20-15(21)14-13(17)4-3-9-19-14/h3-9H,1-2H3,(H,20,21). The quantitative estimate of drug-likeness (QED) is 0.918. The van der Waals surface area contributed by atoms with E-state index in [-0.39, 0.29) is 5.91 Å². The highest BCUT2D eigenvalue weighted by molar-refractivity contribution is 9.10. The summed E-state index contributed by atoms with van der Waals surface area (Å²) in [6.45, 7) is 3.71. The third-order valence-corrected chi connectivity index (χ3v) is 3.76. The second-order valence-electron chi connectivity index (χ2n) is 5.10. The molecule has 0 saturated carbocycles. The van der Waals surface area contributed by atoms with Crippen molar-refractivity contribution >= 4 is 27.5 Å². The van der Waals surface area contributed by atoms with Gasteiger partial charge in [-0.2, -0.15) is 5.26 Å². The van der Waals surface area contributed by atoms with Gasteiger partial charge in [-0.15, -0.1) is 0 Å². The molecule has 0 fully saturated rings. The van der Waals surface area contributed by atoms with Crippen molar-refractivity contribution in [3.8, 4) is 6.07 Å². The fourth-order valence-corrected chi connectivity index (χ4v) is 2.21. The molecule has 1 heterocycles. The molecule has 4 nitrogen and oxygen atoms in total. The van der Waals surface area contributed by atoms with E-state index in [0.717, 1.165) is 5.56 Å². The summed E-state index contributed by atoms with van der Waals surface area (Å²) in [7, 11) is 0. The lowest BCUT2D eigenvalue weighted by Crippen LogP contribution is -2.16. The number of amides is 1. The number of nitrogens with zero attached hydrogens (tertiary/aromatic N) is 2. The Labute approximate surface area is 132 Å². The summed E-state index contributed by atoms with van der Waals surface area (Å²) in [5.74, 6) is -0.283. The number of halogens is 1. The Hall–Kier alpha value is -2.19. The molecule has 21 heavy (non-hydrogen) atoms. The topological polar surface area (TPSA) is 65.8 Å². The first-order chi connectivity index (χ1) is 9.94. The normalized spacial score (nSPS) is 10.8. The molecule has 0 atom stereocenters. The number of carbonyl (C=O) groups is 1. The Morgan fingerprint density at radius 1 is 1.29 bits per heavy atom. The maximum Gasteiger partial charge on any atom is 0.275 e. The summed E-state index contributed by atoms with van der Waals surface area (Å²) in [5, 5.41) is 11.9. The van der Waals surface area contributed by atoms with E-state index in [9.17, 15) is 4.79 Å². The van der Waals surface area contributed by atoms with Crippen molar-refractivity contribution in [1.29, 1.82) is 5.26 Å². The third-order valence-electron chi connectivity index (χ3n) is 3.12. The van der Waals surface area contributed by atoms with Gasteiger partial charge in [0, 0.05) is 16.4 Å². The SMILES string of the molecule is CC(C)(C#N)c1ccc(NC(=O)c2ncccc2Br)cc1. The Morgan fingerprint density at radius 3 is 2.52 bits per heavy atom. The van der Waals surface area contributed by atoms with Crippen LogP contribution in [0.1, 0.15) is 29.9 Å². The lowest BCUT2D eigenvalue weighted by atomic mass is 9.86. The first kappa shape index (κ1) is 15.2. The number of nitrogens with one attached hydrogen (secondary N) is 1. The number of carbonyl (C=O) groups excluding carboxylic acids is 1. The molecule has 1 amide bonds. The molecule has 1 aromatic heterocycles. The van der Waals surface area contributed by atoms with Gasteiger partial charge in [0.15, 0.2) is 0 Å². The van der Waals surface area contributed by atoms with Crippen LogP contribution in [0.5, 0.6) is 0 Å². The summed E-state index contributed by atoms with van der Waals surface area (Å²) < 4.78 is 0.643. The zero-order valence-corrected chi connectivity index (χ0v) is 13.3. The van der Waals surface area contributed by atoms with Gasteiger partial charge in [-0.05, 0) is 59.6 Å². The molecule has 1 aromatic carbocycles. The lowest BCUT2D eigenvalue weighted by Gasteiger charge is -2.16. The van der Waals surface area contributed by atoms with E-state index in [1.807, 2.05) is 26.0 Å². The highest BCUT2D eigenvalue weighted by Gasteiger charge is 2.19. The van der Waals surface area contributed by atoms with Crippen molar-refractivity contribution in [2.45, 2.75) is 19.3 Å². The molecular formula is C16H14BrN3O. The number of anilines is 1. The monoisotopic (exact) mass is 343 g/mol. The maximum atomic E-state index is 12.1. The summed E-state index contributed by atoms with van der Waals surface area (Å²) in [6, 6.07) is 13.0. The van der Waals surface area contributed by atoms with Gasteiger partial charge in [0.05, 0.1) is 11.5 Å². The van der Waals surface area contributed by atoms with Gasteiger partial charge >= 0.3 is 0 Å². The molecule has 0 aliphatic rings. The van der Waals surface area contributed by atoms with Gasteiger partial charge in [-0.25, -0.2) is 4.98 Å². The summed E-state index contributed by atoms with van der Waals surface area (Å²) in [6.07, 6.45) is 1.57. The highest BCUT2D eigenvalue weighted by Crippen LogP contribution is 2.24. The van der Waals surface area contributed by atoms with Crippen LogP contribution in [0.25, 0.3) is 0 Å². The first-order valence-corrected chi connectivity index (χ1v) is 7.17. The van der Waals surface area contributed by atoms with Crippen molar-refractivity contribution in [1.82, 2.24) is 4.98 Å². The average molecular weight is 344 g/mol. The predicted molar refractivity (Wildman–Crippen MR) is 85.0 cm³/mol. The van der Waals surface area contributed by atoms with Crippen LogP contribution in [0.2, 0.25) is 0 Å². The van der Waals surface area contributed by atoms with Crippen LogP contribution in [0.15, 0.2) is 47.1 Å². The Kier molecular flexibility index (Phi) is 4.39. The predicted octanol–water partition coefficient (Wildman–Crippen LogP) is 3.90. The molecule has 0 aliphatic carbocycles. The number of benzene rings is 1. The fourth-order valence-electron chi connectivity index (χ4n) is 1.78. The van der Waals surface area contributed by atoms with E-state index in [2.05, 4.69) is 32.3 Å². The van der Waals surface area contributed by atoms with Crippen LogP contribution in [-0.2, 0) is 5.41 Å². The third kappa shape index (κ3) is 3.47. The molecule has 0 aliphatic heterocycles. The number of aromatic nitrogens is 1. The number of rotatable bonds is 3. The highest BCUT2D eigenvalue weighted by atomic mass is 79.9. The van der Waals surface area contributed by atoms with Crippen molar-refractivity contribution in [2.24, 2.45) is 0 Å². The van der Waals surface area contributed by atoms with Gasteiger partial charge < -0.3 is 5.32 Å². The van der Waals surface area contributed by atoms with Crippen LogP contribution in [0.3, 0.4) is 0 Å². The number of hydrogen-bond donors (Lipinski definition) is 1. The van der Waals surface area contributed by atoms with Crippen LogP contribution in [-0.4, -0.2) is 10.9 Å². The van der Waals surface area contributed by atoms with Crippen LogP contribution >= 0.6 is 15.9 Å². The molecule has 0 spiro atoms. The van der Waals surface area contributed by atoms with Gasteiger partial charge in [0.2, 0.25) is 0 Å². The summed E-state index contributed by atoms with van der Waals surface area (Å²) >= 11 is 3.30. The van der Waals surface area contributed by atoms with Gasteiger partial charge in [-0.1, -0.05) is 12.1 Å². The van der Waals surface area contributed by atoms with Gasteiger partial charge in [0.1, 0.15) is 5.69 Å². The van der Waals surface area contributed by atoms with Crippen LogP contribution < -0.4 is 5.32 Å². The van der Waals surface area contributed by atoms with Crippen molar-refractivity contribution in [3.05, 3.63) is 58.3 Å². The first-order valence-electron chi connectivity index (χ1n) is 6.38. The molecule has 2 rings (SSSR count). The minimum absolute atomic E-state index is 0.283. The van der Waals surface area contributed by atoms with E-state index in [4.69, 9.17) is 5.26 Å². The minimum Gasteiger partial charge on any atom is -0.321 e. The summed E-state index contributed by atoms with van der Waals surface area (Å²) in [5.41, 5.74) is 1.35. The minimum atomic E-state index is -0.549. The summed E-state index contributed by atoms with van der Waals surface area (Å²) in [4.78, 5) is 16.2. The number of pyridine rings is 1. The Balaban J connectivity index is 2.17. The van der Waals surface area contributed by atoms with Crippen LogP contribution in [0.4, 0.5) is 5.69 Å². The molecule has 106 valence electrons. The lowest BCUT2D eigenvalue weighted by molar-refractivity contribution is 0.102. The average Bonchev–Trinajstić information content (AvgIpc) is 2.48. The molecule has 0 bridgehead atoms. The van der Waals surface area contributed by atoms with E-state index in [1.165, 1.54) is 0 Å². The van der Waals surface area contributed by atoms with Crippen molar-refractivity contribution in [3.63, 3.8) is 0 Å². The molecule has 1 N–H and O–H groups in total. The number of hydrogen-bond acceptors (Lipinski definition) is 3. The van der Waals surface area contributed by atoms with Gasteiger partial charge in [0.25, 0.3) is 5.91 Å². The molecule has 0 saturated heterocycles. The molecule has 0 radical (unpaired) electrons. The largest absolute Gasteiger partial charge is 0.321 e. The smallest absolute Gasteiger partial charge is 0.275 e. The van der Waals surface area contributed by atoms with E-state index < -0.39 is 5.41 Å². The molecule has 5 heteroatoms. The zero-order chi connectivity index (χ0) is 15.5. The molecule has 2 aromatic rings. The fraction of sp³-hybridized carbons (Fsp3) is 0.188. The van der Waals surface area contributed by atoms with E-state index in [0.29, 0.717) is 15.9 Å². The Morgan fingerprint density at radius 2 is 1.95 bits per heavy atom. The molecule has 0 unspecified atom stereocenters. The Bertz CT molecular complexity index is 702. The van der Waals surface area contributed by atoms with Crippen molar-refractivity contribution in [2.75, 3.05) is 5.32 Å². The second-order valence-corrected chi connectivity index (χ2v) is 5.96. The van der Waals surface area contributed by atoms with E-state index in [1.54, 1.807) is 30.5 Å². The van der Waals surface area contributed by atoms with Crippen LogP contribution in [0, 0.1) is 11.3 Å². The van der Waals surface area contributed by atoms with Gasteiger partial charge in [-0.3, -0.25) is 4.79 Å². The molecular weight excluding hydrogens is 330 g/mol.